The highest BCUT2D eigenvalue weighted by molar-refractivity contribution is 7.80. The number of nitrogens with one attached hydrogen (secondary N) is 2. The van der Waals surface area contributed by atoms with Crippen molar-refractivity contribution in [3.8, 4) is 0 Å². The molecule has 0 amide bonds. The van der Waals surface area contributed by atoms with Crippen LogP contribution >= 0.6 is 12.2 Å². The van der Waals surface area contributed by atoms with Crippen molar-refractivity contribution in [1.29, 1.82) is 0 Å². The number of aryl methyl sites for hydroxylation is 2. The Hall–Kier alpha value is -1.92. The normalized spacial score (nSPS) is 17.0. The minimum absolute atomic E-state index is 0.0595. The maximum absolute atomic E-state index is 12.6. The minimum atomic E-state index is -0.0595. The zero-order valence-corrected chi connectivity index (χ0v) is 15.8. The summed E-state index contributed by atoms with van der Waals surface area (Å²) in [6, 6.07) is 6.16. The molecular weight excluding hydrogens is 334 g/mol. The van der Waals surface area contributed by atoms with E-state index in [0.29, 0.717) is 23.8 Å². The van der Waals surface area contributed by atoms with E-state index in [-0.39, 0.29) is 11.7 Å². The van der Waals surface area contributed by atoms with Gasteiger partial charge in [0.05, 0.1) is 18.2 Å². The van der Waals surface area contributed by atoms with Gasteiger partial charge in [0.15, 0.2) is 5.11 Å². The monoisotopic (exact) mass is 359 g/mol. The highest BCUT2D eigenvalue weighted by Gasteiger charge is 2.21. The molecule has 2 aromatic rings. The molecule has 0 unspecified atom stereocenters. The lowest BCUT2D eigenvalue weighted by Crippen LogP contribution is -2.42. The number of ether oxygens (including phenoxy) is 1. The van der Waals surface area contributed by atoms with Crippen molar-refractivity contribution in [2.75, 3.05) is 20.2 Å². The van der Waals surface area contributed by atoms with Gasteiger partial charge in [-0.15, -0.1) is 0 Å². The first-order chi connectivity index (χ1) is 12.0. The highest BCUT2D eigenvalue weighted by atomic mass is 32.1. The average Bonchev–Trinajstić information content (AvgIpc) is 3.08. The van der Waals surface area contributed by atoms with Crippen molar-refractivity contribution in [2.45, 2.75) is 39.3 Å². The van der Waals surface area contributed by atoms with E-state index in [2.05, 4.69) is 29.4 Å². The third-order valence-electron chi connectivity index (χ3n) is 4.68. The third kappa shape index (κ3) is 4.02. The predicted molar refractivity (Wildman–Crippen MR) is 105 cm³/mol. The average molecular weight is 359 g/mol. The number of aromatic amines is 1. The number of fused-ring (bicyclic) bond motifs is 1. The molecule has 0 spiro atoms. The van der Waals surface area contributed by atoms with Crippen LogP contribution < -0.4 is 10.9 Å². The lowest BCUT2D eigenvalue weighted by molar-refractivity contribution is 0.0898. The van der Waals surface area contributed by atoms with E-state index in [1.54, 1.807) is 0 Å². The van der Waals surface area contributed by atoms with Gasteiger partial charge in [0, 0.05) is 25.8 Å². The second-order valence-electron chi connectivity index (χ2n) is 6.74. The van der Waals surface area contributed by atoms with Gasteiger partial charge < -0.3 is 19.9 Å². The molecule has 2 N–H and O–H groups in total. The summed E-state index contributed by atoms with van der Waals surface area (Å²) >= 11 is 5.44. The molecule has 0 saturated carbocycles. The molecule has 1 atom stereocenters. The zero-order chi connectivity index (χ0) is 18.0. The number of hydrogen-bond donors (Lipinski definition) is 2. The molecule has 134 valence electrons. The van der Waals surface area contributed by atoms with Gasteiger partial charge in [-0.05, 0) is 62.0 Å². The van der Waals surface area contributed by atoms with E-state index in [9.17, 15) is 4.79 Å². The van der Waals surface area contributed by atoms with E-state index in [0.717, 1.165) is 35.9 Å². The van der Waals surface area contributed by atoms with Crippen LogP contribution in [0.25, 0.3) is 10.9 Å². The Morgan fingerprint density at radius 3 is 2.88 bits per heavy atom. The maximum atomic E-state index is 12.6. The fraction of sp³-hybridized carbons (Fsp3) is 0.474. The van der Waals surface area contributed by atoms with Gasteiger partial charge in [-0.1, -0.05) is 11.6 Å². The van der Waals surface area contributed by atoms with E-state index < -0.39 is 0 Å². The van der Waals surface area contributed by atoms with Gasteiger partial charge in [-0.2, -0.15) is 0 Å². The van der Waals surface area contributed by atoms with Crippen LogP contribution in [0, 0.1) is 13.8 Å². The molecule has 1 aromatic carbocycles. The van der Waals surface area contributed by atoms with E-state index in [4.69, 9.17) is 17.0 Å². The number of rotatable bonds is 4. The molecule has 0 radical (unpaired) electrons. The summed E-state index contributed by atoms with van der Waals surface area (Å²) in [5.41, 5.74) is 3.83. The first-order valence-electron chi connectivity index (χ1n) is 8.69. The van der Waals surface area contributed by atoms with Crippen molar-refractivity contribution in [2.24, 2.45) is 0 Å². The minimum Gasteiger partial charge on any atom is -0.376 e. The quantitative estimate of drug-likeness (QED) is 0.822. The summed E-state index contributed by atoms with van der Waals surface area (Å²) < 4.78 is 5.73. The number of thiocarbonyl (C=S) groups is 1. The summed E-state index contributed by atoms with van der Waals surface area (Å²) in [6.45, 7) is 6.06. The van der Waals surface area contributed by atoms with Gasteiger partial charge in [0.2, 0.25) is 0 Å². The molecule has 3 rings (SSSR count). The van der Waals surface area contributed by atoms with Crippen LogP contribution in [0.1, 0.15) is 29.5 Å². The summed E-state index contributed by atoms with van der Waals surface area (Å²) in [6.07, 6.45) is 2.30. The Morgan fingerprint density at radius 1 is 1.40 bits per heavy atom. The second kappa shape index (κ2) is 7.54. The molecule has 1 aliphatic rings. The van der Waals surface area contributed by atoms with Crippen LogP contribution in [0.4, 0.5) is 0 Å². The van der Waals surface area contributed by atoms with Crippen LogP contribution in [-0.2, 0) is 11.3 Å². The SMILES string of the molecule is CNC(=S)N(Cc1cc2cc(C)cc(C)c2[nH]c1=O)C[C@H]1CCCO1. The smallest absolute Gasteiger partial charge is 0.253 e. The molecule has 2 heterocycles. The maximum Gasteiger partial charge on any atom is 0.253 e. The molecule has 1 fully saturated rings. The fourth-order valence-corrected chi connectivity index (χ4v) is 3.61. The summed E-state index contributed by atoms with van der Waals surface area (Å²) in [4.78, 5) is 17.6. The number of H-pyrrole nitrogens is 1. The number of benzene rings is 1. The molecule has 0 bridgehead atoms. The Morgan fingerprint density at radius 2 is 2.20 bits per heavy atom. The summed E-state index contributed by atoms with van der Waals surface area (Å²) in [5, 5.41) is 4.71. The number of aromatic nitrogens is 1. The molecule has 25 heavy (non-hydrogen) atoms. The Labute approximate surface area is 153 Å². The largest absolute Gasteiger partial charge is 0.376 e. The van der Waals surface area contributed by atoms with Crippen molar-refractivity contribution in [3.63, 3.8) is 0 Å². The lowest BCUT2D eigenvalue weighted by Gasteiger charge is -2.27. The third-order valence-corrected chi connectivity index (χ3v) is 5.14. The van der Waals surface area contributed by atoms with E-state index >= 15 is 0 Å². The molecule has 1 aliphatic heterocycles. The molecule has 1 saturated heterocycles. The number of hydrogen-bond acceptors (Lipinski definition) is 3. The molecular formula is C19H25N3O2S. The summed E-state index contributed by atoms with van der Waals surface area (Å²) in [5.74, 6) is 0. The number of pyridine rings is 1. The van der Waals surface area contributed by atoms with Gasteiger partial charge >= 0.3 is 0 Å². The van der Waals surface area contributed by atoms with Gasteiger partial charge in [0.1, 0.15) is 0 Å². The van der Waals surface area contributed by atoms with Gasteiger partial charge in [-0.3, -0.25) is 4.79 Å². The Balaban J connectivity index is 1.91. The zero-order valence-electron chi connectivity index (χ0n) is 15.0. The van der Waals surface area contributed by atoms with Crippen molar-refractivity contribution in [1.82, 2.24) is 15.2 Å². The molecule has 6 heteroatoms. The van der Waals surface area contributed by atoms with Crippen LogP contribution in [0.3, 0.4) is 0 Å². The summed E-state index contributed by atoms with van der Waals surface area (Å²) in [7, 11) is 1.81. The Kier molecular flexibility index (Phi) is 5.39. The fourth-order valence-electron chi connectivity index (χ4n) is 3.47. The molecule has 1 aromatic heterocycles. The highest BCUT2D eigenvalue weighted by Crippen LogP contribution is 2.19. The van der Waals surface area contributed by atoms with E-state index in [1.165, 1.54) is 5.56 Å². The first kappa shape index (κ1) is 17.9. The van der Waals surface area contributed by atoms with Crippen molar-refractivity contribution < 1.29 is 4.74 Å². The van der Waals surface area contributed by atoms with Crippen LogP contribution in [0.2, 0.25) is 0 Å². The van der Waals surface area contributed by atoms with Crippen molar-refractivity contribution >= 4 is 28.2 Å². The van der Waals surface area contributed by atoms with Gasteiger partial charge in [-0.25, -0.2) is 0 Å². The lowest BCUT2D eigenvalue weighted by atomic mass is 10.1. The van der Waals surface area contributed by atoms with Crippen LogP contribution in [0.15, 0.2) is 23.0 Å². The number of nitrogens with zero attached hydrogens (tertiary/aromatic N) is 1. The standard InChI is InChI=1S/C19H25N3O2S/c1-12-7-13(2)17-14(8-12)9-15(18(23)21-17)10-22(19(25)20-3)11-16-5-4-6-24-16/h7-9,16H,4-6,10-11H2,1-3H3,(H,20,25)(H,21,23)/t16-/m1/s1. The molecule has 0 aliphatic carbocycles. The second-order valence-corrected chi connectivity index (χ2v) is 7.13. The predicted octanol–water partition coefficient (Wildman–Crippen LogP) is 2.63. The first-order valence-corrected chi connectivity index (χ1v) is 9.10. The topological polar surface area (TPSA) is 57.4 Å². The van der Waals surface area contributed by atoms with Crippen molar-refractivity contribution in [3.05, 3.63) is 45.2 Å². The Bertz CT molecular complexity index is 840. The van der Waals surface area contributed by atoms with Crippen LogP contribution in [0.5, 0.6) is 0 Å². The van der Waals surface area contributed by atoms with Gasteiger partial charge in [0.25, 0.3) is 5.56 Å². The van der Waals surface area contributed by atoms with Crippen LogP contribution in [-0.4, -0.2) is 41.3 Å². The van der Waals surface area contributed by atoms with E-state index in [1.807, 2.05) is 24.9 Å². The molecule has 5 nitrogen and oxygen atoms in total.